The van der Waals surface area contributed by atoms with Crippen LogP contribution >= 0.6 is 0 Å². The number of aromatic nitrogens is 2. The predicted octanol–water partition coefficient (Wildman–Crippen LogP) is 3.37. The van der Waals surface area contributed by atoms with Crippen LogP contribution in [0.1, 0.15) is 0 Å². The Morgan fingerprint density at radius 3 is 2.56 bits per heavy atom. The molecule has 0 spiro atoms. The molecule has 2 nitrogen and oxygen atoms in total. The largest absolute Gasteiger partial charge is 0.277 e. The first kappa shape index (κ1) is 9.09. The Morgan fingerprint density at radius 1 is 0.938 bits per heavy atom. The highest BCUT2D eigenvalue weighted by Gasteiger charge is 2.11. The van der Waals surface area contributed by atoms with Crippen molar-refractivity contribution in [1.82, 2.24) is 10.2 Å². The summed E-state index contributed by atoms with van der Waals surface area (Å²) in [7, 11) is 0. The number of nitrogens with zero attached hydrogens (tertiary/aromatic N) is 1. The third-order valence-electron chi connectivity index (χ3n) is 2.59. The number of rotatable bonds is 1. The Hall–Kier alpha value is -2.16. The SMILES string of the molecule is Fc1cccc2[nH]nc(-c3ccccc3)c12. The van der Waals surface area contributed by atoms with E-state index in [0.717, 1.165) is 11.1 Å². The molecule has 0 unspecified atom stereocenters. The van der Waals surface area contributed by atoms with E-state index >= 15 is 0 Å². The van der Waals surface area contributed by atoms with Crippen molar-refractivity contribution in [2.45, 2.75) is 0 Å². The van der Waals surface area contributed by atoms with E-state index in [0.29, 0.717) is 11.1 Å². The van der Waals surface area contributed by atoms with Crippen LogP contribution in [0.5, 0.6) is 0 Å². The number of halogens is 1. The lowest BCUT2D eigenvalue weighted by molar-refractivity contribution is 0.640. The van der Waals surface area contributed by atoms with Gasteiger partial charge in [0, 0.05) is 5.56 Å². The summed E-state index contributed by atoms with van der Waals surface area (Å²) in [5.74, 6) is -0.245. The summed E-state index contributed by atoms with van der Waals surface area (Å²) in [5.41, 5.74) is 2.30. The fraction of sp³-hybridized carbons (Fsp3) is 0. The van der Waals surface area contributed by atoms with Gasteiger partial charge in [0.15, 0.2) is 0 Å². The Labute approximate surface area is 91.7 Å². The second-order valence-electron chi connectivity index (χ2n) is 3.60. The summed E-state index contributed by atoms with van der Waals surface area (Å²) in [4.78, 5) is 0. The van der Waals surface area contributed by atoms with Gasteiger partial charge in [-0.3, -0.25) is 5.10 Å². The molecule has 1 N–H and O–H groups in total. The molecule has 0 saturated carbocycles. The molecule has 0 fully saturated rings. The minimum absolute atomic E-state index is 0.245. The molecule has 0 aliphatic carbocycles. The fourth-order valence-corrected chi connectivity index (χ4v) is 1.83. The smallest absolute Gasteiger partial charge is 0.134 e. The summed E-state index contributed by atoms with van der Waals surface area (Å²) in [6, 6.07) is 14.5. The van der Waals surface area contributed by atoms with Crippen LogP contribution in [-0.4, -0.2) is 10.2 Å². The number of aromatic amines is 1. The lowest BCUT2D eigenvalue weighted by atomic mass is 10.1. The van der Waals surface area contributed by atoms with E-state index in [2.05, 4.69) is 10.2 Å². The van der Waals surface area contributed by atoms with Crippen LogP contribution in [-0.2, 0) is 0 Å². The number of hydrogen-bond acceptors (Lipinski definition) is 1. The van der Waals surface area contributed by atoms with Gasteiger partial charge in [-0.05, 0) is 12.1 Å². The minimum Gasteiger partial charge on any atom is -0.277 e. The quantitative estimate of drug-likeness (QED) is 0.658. The van der Waals surface area contributed by atoms with Gasteiger partial charge in [-0.15, -0.1) is 0 Å². The molecule has 16 heavy (non-hydrogen) atoms. The Morgan fingerprint density at radius 2 is 1.75 bits per heavy atom. The van der Waals surface area contributed by atoms with Gasteiger partial charge < -0.3 is 0 Å². The molecule has 3 rings (SSSR count). The van der Waals surface area contributed by atoms with Gasteiger partial charge in [0.05, 0.1) is 10.9 Å². The first-order valence-corrected chi connectivity index (χ1v) is 5.04. The van der Waals surface area contributed by atoms with E-state index in [-0.39, 0.29) is 5.82 Å². The zero-order valence-electron chi connectivity index (χ0n) is 8.44. The molecule has 0 aliphatic rings. The zero-order valence-corrected chi connectivity index (χ0v) is 8.44. The second kappa shape index (κ2) is 3.45. The Balaban J connectivity index is 2.33. The van der Waals surface area contributed by atoms with Crippen molar-refractivity contribution < 1.29 is 4.39 Å². The summed E-state index contributed by atoms with van der Waals surface area (Å²) in [5, 5.41) is 7.55. The van der Waals surface area contributed by atoms with Crippen LogP contribution < -0.4 is 0 Å². The molecule has 3 heteroatoms. The van der Waals surface area contributed by atoms with Crippen molar-refractivity contribution in [3.63, 3.8) is 0 Å². The number of nitrogens with one attached hydrogen (secondary N) is 1. The van der Waals surface area contributed by atoms with Crippen molar-refractivity contribution in [1.29, 1.82) is 0 Å². The third-order valence-corrected chi connectivity index (χ3v) is 2.59. The molecule has 0 bridgehead atoms. The lowest BCUT2D eigenvalue weighted by Crippen LogP contribution is -1.80. The van der Waals surface area contributed by atoms with E-state index in [1.807, 2.05) is 36.4 Å². The second-order valence-corrected chi connectivity index (χ2v) is 3.60. The average Bonchev–Trinajstić information content (AvgIpc) is 2.75. The summed E-state index contributed by atoms with van der Waals surface area (Å²) in [6.07, 6.45) is 0. The van der Waals surface area contributed by atoms with Gasteiger partial charge >= 0.3 is 0 Å². The van der Waals surface area contributed by atoms with E-state index in [1.54, 1.807) is 6.07 Å². The van der Waals surface area contributed by atoms with Gasteiger partial charge in [-0.25, -0.2) is 4.39 Å². The molecule has 1 heterocycles. The van der Waals surface area contributed by atoms with Gasteiger partial charge in [-0.1, -0.05) is 36.4 Å². The van der Waals surface area contributed by atoms with Crippen molar-refractivity contribution in [2.75, 3.05) is 0 Å². The molecule has 2 aromatic carbocycles. The molecule has 0 atom stereocenters. The fourth-order valence-electron chi connectivity index (χ4n) is 1.83. The molecule has 0 radical (unpaired) electrons. The van der Waals surface area contributed by atoms with Crippen LogP contribution in [0.25, 0.3) is 22.2 Å². The highest BCUT2D eigenvalue weighted by Crippen LogP contribution is 2.27. The van der Waals surface area contributed by atoms with E-state index < -0.39 is 0 Å². The molecule has 0 aliphatic heterocycles. The van der Waals surface area contributed by atoms with Gasteiger partial charge in [0.25, 0.3) is 0 Å². The Kier molecular flexibility index (Phi) is 1.96. The first-order chi connectivity index (χ1) is 7.86. The summed E-state index contributed by atoms with van der Waals surface area (Å²) in [6.45, 7) is 0. The topological polar surface area (TPSA) is 28.7 Å². The highest BCUT2D eigenvalue weighted by atomic mass is 19.1. The van der Waals surface area contributed by atoms with E-state index in [9.17, 15) is 4.39 Å². The first-order valence-electron chi connectivity index (χ1n) is 5.04. The number of H-pyrrole nitrogens is 1. The molecule has 0 amide bonds. The zero-order chi connectivity index (χ0) is 11.0. The average molecular weight is 212 g/mol. The monoisotopic (exact) mass is 212 g/mol. The maximum atomic E-state index is 13.7. The maximum Gasteiger partial charge on any atom is 0.134 e. The molecular formula is C13H9FN2. The van der Waals surface area contributed by atoms with Gasteiger partial charge in [0.1, 0.15) is 11.5 Å². The Bertz CT molecular complexity index is 629. The lowest BCUT2D eigenvalue weighted by Gasteiger charge is -1.97. The molecule has 78 valence electrons. The number of benzene rings is 2. The normalized spacial score (nSPS) is 10.8. The summed E-state index contributed by atoms with van der Waals surface area (Å²) < 4.78 is 13.7. The third kappa shape index (κ3) is 1.29. The number of fused-ring (bicyclic) bond motifs is 1. The van der Waals surface area contributed by atoms with Crippen LogP contribution in [0.15, 0.2) is 48.5 Å². The van der Waals surface area contributed by atoms with E-state index in [4.69, 9.17) is 0 Å². The van der Waals surface area contributed by atoms with Gasteiger partial charge in [0.2, 0.25) is 0 Å². The van der Waals surface area contributed by atoms with Crippen LogP contribution in [0.2, 0.25) is 0 Å². The van der Waals surface area contributed by atoms with Gasteiger partial charge in [-0.2, -0.15) is 5.10 Å². The van der Waals surface area contributed by atoms with Crippen molar-refractivity contribution >= 4 is 10.9 Å². The minimum atomic E-state index is -0.245. The number of hydrogen-bond donors (Lipinski definition) is 1. The van der Waals surface area contributed by atoms with Crippen molar-refractivity contribution in [3.8, 4) is 11.3 Å². The van der Waals surface area contributed by atoms with Crippen LogP contribution in [0.4, 0.5) is 4.39 Å². The standard InChI is InChI=1S/C13H9FN2/c14-10-7-4-8-11-12(10)13(16-15-11)9-5-2-1-3-6-9/h1-8H,(H,15,16). The predicted molar refractivity (Wildman–Crippen MR) is 61.5 cm³/mol. The summed E-state index contributed by atoms with van der Waals surface area (Å²) >= 11 is 0. The molecule has 1 aromatic heterocycles. The molecule has 3 aromatic rings. The maximum absolute atomic E-state index is 13.7. The van der Waals surface area contributed by atoms with Crippen molar-refractivity contribution in [2.24, 2.45) is 0 Å². The molecule has 0 saturated heterocycles. The highest BCUT2D eigenvalue weighted by molar-refractivity contribution is 5.93. The van der Waals surface area contributed by atoms with Crippen molar-refractivity contribution in [3.05, 3.63) is 54.3 Å². The van der Waals surface area contributed by atoms with E-state index in [1.165, 1.54) is 6.07 Å². The molecular weight excluding hydrogens is 203 g/mol. The van der Waals surface area contributed by atoms with Crippen LogP contribution in [0.3, 0.4) is 0 Å². The van der Waals surface area contributed by atoms with Crippen LogP contribution in [0, 0.1) is 5.82 Å².